The van der Waals surface area contributed by atoms with Crippen LogP contribution in [0, 0.1) is 5.92 Å². The van der Waals surface area contributed by atoms with Gasteiger partial charge in [-0.1, -0.05) is 6.92 Å². The first-order valence-electron chi connectivity index (χ1n) is 2.11. The summed E-state index contributed by atoms with van der Waals surface area (Å²) in [6.45, 7) is -0.524. The third-order valence-electron chi connectivity index (χ3n) is 0.790. The topological polar surface area (TPSA) is 0 Å². The Hall–Kier alpha value is -0.280. The molecule has 0 nitrogen and oxygen atoms in total. The number of rotatable bonds is 1. The molecule has 50 valence electrons. The van der Waals surface area contributed by atoms with Crippen molar-refractivity contribution in [2.75, 3.05) is 6.67 Å². The van der Waals surface area contributed by atoms with Crippen molar-refractivity contribution in [1.29, 1.82) is 0 Å². The standard InChI is InChI=1S/C4H6F4/c1-3(2-5)4(6,7)8/h3H,2H2,1H3. The molecule has 0 fully saturated rings. The molecule has 0 heterocycles. The lowest BCUT2D eigenvalue weighted by molar-refractivity contribution is -0.172. The Morgan fingerprint density at radius 1 is 1.38 bits per heavy atom. The zero-order chi connectivity index (χ0) is 6.78. The van der Waals surface area contributed by atoms with Crippen LogP contribution in [0.25, 0.3) is 0 Å². The van der Waals surface area contributed by atoms with Crippen LogP contribution in [0.15, 0.2) is 0 Å². The molecule has 0 spiro atoms. The van der Waals surface area contributed by atoms with Crippen molar-refractivity contribution < 1.29 is 17.6 Å². The van der Waals surface area contributed by atoms with E-state index < -0.39 is 18.8 Å². The van der Waals surface area contributed by atoms with Crippen molar-refractivity contribution in [1.82, 2.24) is 0 Å². The minimum atomic E-state index is -4.37. The fourth-order valence-corrected chi connectivity index (χ4v) is 0.0875. The minimum Gasteiger partial charge on any atom is -0.250 e. The maximum atomic E-state index is 11.2. The van der Waals surface area contributed by atoms with E-state index in [2.05, 4.69) is 0 Å². The molecule has 0 aromatic heterocycles. The van der Waals surface area contributed by atoms with Crippen molar-refractivity contribution in [2.45, 2.75) is 13.1 Å². The van der Waals surface area contributed by atoms with E-state index >= 15 is 0 Å². The maximum Gasteiger partial charge on any atom is 0.394 e. The van der Waals surface area contributed by atoms with E-state index in [1.807, 2.05) is 0 Å². The van der Waals surface area contributed by atoms with Gasteiger partial charge in [0.25, 0.3) is 0 Å². The normalized spacial score (nSPS) is 16.1. The molecule has 1 unspecified atom stereocenters. The van der Waals surface area contributed by atoms with Crippen molar-refractivity contribution in [3.8, 4) is 0 Å². The van der Waals surface area contributed by atoms with Gasteiger partial charge in [0.15, 0.2) is 0 Å². The quantitative estimate of drug-likeness (QED) is 0.477. The van der Waals surface area contributed by atoms with E-state index in [-0.39, 0.29) is 0 Å². The SMILES string of the molecule is CC(CF)C(F)(F)F. The molecule has 0 rings (SSSR count). The molecule has 0 saturated heterocycles. The monoisotopic (exact) mass is 130 g/mol. The highest BCUT2D eigenvalue weighted by molar-refractivity contribution is 4.58. The third kappa shape index (κ3) is 2.14. The van der Waals surface area contributed by atoms with E-state index in [1.165, 1.54) is 0 Å². The lowest BCUT2D eigenvalue weighted by Crippen LogP contribution is -2.21. The summed E-state index contributed by atoms with van der Waals surface area (Å²) < 4.78 is 44.8. The Morgan fingerprint density at radius 3 is 1.75 bits per heavy atom. The lowest BCUT2D eigenvalue weighted by atomic mass is 10.2. The second-order valence-corrected chi connectivity index (χ2v) is 1.60. The van der Waals surface area contributed by atoms with Crippen LogP contribution in [0.5, 0.6) is 0 Å². The highest BCUT2D eigenvalue weighted by Crippen LogP contribution is 2.25. The van der Waals surface area contributed by atoms with Crippen LogP contribution in [0.2, 0.25) is 0 Å². The molecule has 0 amide bonds. The van der Waals surface area contributed by atoms with Crippen LogP contribution in [0.1, 0.15) is 6.92 Å². The van der Waals surface area contributed by atoms with Gasteiger partial charge in [-0.2, -0.15) is 13.2 Å². The third-order valence-corrected chi connectivity index (χ3v) is 0.790. The van der Waals surface area contributed by atoms with Gasteiger partial charge in [0, 0.05) is 0 Å². The van der Waals surface area contributed by atoms with Gasteiger partial charge in [-0.05, 0) is 0 Å². The van der Waals surface area contributed by atoms with Gasteiger partial charge >= 0.3 is 6.18 Å². The van der Waals surface area contributed by atoms with Gasteiger partial charge in [0.05, 0.1) is 5.92 Å². The Morgan fingerprint density at radius 2 is 1.75 bits per heavy atom. The summed E-state index contributed by atoms with van der Waals surface area (Å²) in [6.07, 6.45) is -4.37. The first-order valence-corrected chi connectivity index (χ1v) is 2.11. The highest BCUT2D eigenvalue weighted by atomic mass is 19.4. The van der Waals surface area contributed by atoms with Gasteiger partial charge in [-0.25, -0.2) is 0 Å². The Balaban J connectivity index is 3.62. The average Bonchev–Trinajstić information content (AvgIpc) is 1.62. The predicted molar refractivity (Wildman–Crippen MR) is 21.2 cm³/mol. The number of alkyl halides is 4. The summed E-state index contributed by atoms with van der Waals surface area (Å²) in [5.41, 5.74) is 0. The molecule has 0 saturated carbocycles. The fraction of sp³-hybridized carbons (Fsp3) is 1.00. The zero-order valence-corrected chi connectivity index (χ0v) is 4.30. The number of halogens is 4. The van der Waals surface area contributed by atoms with Gasteiger partial charge in [-0.15, -0.1) is 0 Å². The summed E-state index contributed by atoms with van der Waals surface area (Å²) in [4.78, 5) is 0. The Kier molecular flexibility index (Phi) is 2.25. The maximum absolute atomic E-state index is 11.2. The molecule has 8 heavy (non-hydrogen) atoms. The predicted octanol–water partition coefficient (Wildman–Crippen LogP) is 2.15. The van der Waals surface area contributed by atoms with Crippen LogP contribution >= 0.6 is 0 Å². The van der Waals surface area contributed by atoms with E-state index in [1.54, 1.807) is 0 Å². The average molecular weight is 130 g/mol. The molecule has 0 bridgehead atoms. The molecular formula is C4H6F4. The molecule has 0 aliphatic heterocycles. The largest absolute Gasteiger partial charge is 0.394 e. The first-order chi connectivity index (χ1) is 3.48. The van der Waals surface area contributed by atoms with Crippen LogP contribution < -0.4 is 0 Å². The molecular weight excluding hydrogens is 124 g/mol. The Bertz CT molecular complexity index is 64.9. The second kappa shape index (κ2) is 2.33. The van der Waals surface area contributed by atoms with Crippen molar-refractivity contribution in [3.05, 3.63) is 0 Å². The van der Waals surface area contributed by atoms with Crippen molar-refractivity contribution in [2.24, 2.45) is 5.92 Å². The van der Waals surface area contributed by atoms with E-state index in [9.17, 15) is 17.6 Å². The van der Waals surface area contributed by atoms with Gasteiger partial charge in [0.2, 0.25) is 0 Å². The number of hydrogen-bond acceptors (Lipinski definition) is 0. The highest BCUT2D eigenvalue weighted by Gasteiger charge is 2.35. The summed E-state index contributed by atoms with van der Waals surface area (Å²) >= 11 is 0. The van der Waals surface area contributed by atoms with Gasteiger partial charge in [0.1, 0.15) is 6.67 Å². The van der Waals surface area contributed by atoms with Crippen LogP contribution in [-0.4, -0.2) is 12.9 Å². The summed E-state index contributed by atoms with van der Waals surface area (Å²) in [5.74, 6) is -1.82. The fourth-order valence-electron chi connectivity index (χ4n) is 0.0875. The molecule has 1 atom stereocenters. The molecule has 0 radical (unpaired) electrons. The van der Waals surface area contributed by atoms with E-state index in [4.69, 9.17) is 0 Å². The van der Waals surface area contributed by atoms with Gasteiger partial charge in [-0.3, -0.25) is 4.39 Å². The van der Waals surface area contributed by atoms with E-state index in [0.717, 1.165) is 6.92 Å². The van der Waals surface area contributed by atoms with E-state index in [0.29, 0.717) is 0 Å². The van der Waals surface area contributed by atoms with Crippen LogP contribution in [0.4, 0.5) is 17.6 Å². The van der Waals surface area contributed by atoms with Crippen LogP contribution in [-0.2, 0) is 0 Å². The first kappa shape index (κ1) is 7.72. The summed E-state index contributed by atoms with van der Waals surface area (Å²) in [7, 11) is 0. The molecule has 0 aliphatic carbocycles. The lowest BCUT2D eigenvalue weighted by Gasteiger charge is -2.09. The Labute approximate surface area is 44.5 Å². The van der Waals surface area contributed by atoms with Crippen LogP contribution in [0.3, 0.4) is 0 Å². The molecule has 0 aromatic rings. The van der Waals surface area contributed by atoms with Crippen molar-refractivity contribution >= 4 is 0 Å². The summed E-state index contributed by atoms with van der Waals surface area (Å²) in [5, 5.41) is 0. The van der Waals surface area contributed by atoms with Crippen molar-refractivity contribution in [3.63, 3.8) is 0 Å². The molecule has 0 aliphatic rings. The smallest absolute Gasteiger partial charge is 0.250 e. The minimum absolute atomic E-state index is 0.806. The second-order valence-electron chi connectivity index (χ2n) is 1.60. The molecule has 0 N–H and O–H groups in total. The van der Waals surface area contributed by atoms with Gasteiger partial charge < -0.3 is 0 Å². The summed E-state index contributed by atoms with van der Waals surface area (Å²) in [6, 6.07) is 0. The number of hydrogen-bond donors (Lipinski definition) is 0. The molecule has 4 heteroatoms. The molecule has 0 aromatic carbocycles. The zero-order valence-electron chi connectivity index (χ0n) is 4.30.